The zero-order valence-electron chi connectivity index (χ0n) is 11.0. The summed E-state index contributed by atoms with van der Waals surface area (Å²) in [5.74, 6) is 0. The fourth-order valence-corrected chi connectivity index (χ4v) is 3.69. The van der Waals surface area contributed by atoms with Crippen molar-refractivity contribution in [1.82, 2.24) is 9.29 Å². The number of halogens is 1. The van der Waals surface area contributed by atoms with Crippen LogP contribution in [0.4, 0.5) is 0 Å². The largest absolute Gasteiger partial charge is 0.263 e. The van der Waals surface area contributed by atoms with E-state index in [9.17, 15) is 8.42 Å². The summed E-state index contributed by atoms with van der Waals surface area (Å²) in [6, 6.07) is 10.9. The molecule has 0 bridgehead atoms. The van der Waals surface area contributed by atoms with Gasteiger partial charge in [-0.25, -0.2) is 8.42 Å². The maximum atomic E-state index is 12.6. The van der Waals surface area contributed by atoms with Gasteiger partial charge in [0.15, 0.2) is 0 Å². The lowest BCUT2D eigenvalue weighted by Gasteiger charge is -2.21. The van der Waals surface area contributed by atoms with Crippen molar-refractivity contribution in [2.24, 2.45) is 0 Å². The monoisotopic (exact) mass is 310 g/mol. The van der Waals surface area contributed by atoms with Gasteiger partial charge >= 0.3 is 0 Å². The highest BCUT2D eigenvalue weighted by Crippen LogP contribution is 2.24. The van der Waals surface area contributed by atoms with Crippen molar-refractivity contribution in [3.8, 4) is 0 Å². The number of sulfonamides is 1. The predicted octanol–water partition coefficient (Wildman–Crippen LogP) is 2.95. The van der Waals surface area contributed by atoms with Gasteiger partial charge in [0.1, 0.15) is 4.90 Å². The van der Waals surface area contributed by atoms with E-state index in [1.54, 1.807) is 6.92 Å². The number of hydrogen-bond acceptors (Lipinski definition) is 3. The molecular formula is C14H15ClN2O2S. The van der Waals surface area contributed by atoms with Crippen LogP contribution in [0.25, 0.3) is 0 Å². The van der Waals surface area contributed by atoms with E-state index in [1.807, 2.05) is 30.3 Å². The predicted molar refractivity (Wildman–Crippen MR) is 79.0 cm³/mol. The van der Waals surface area contributed by atoms with Crippen LogP contribution in [0.5, 0.6) is 0 Å². The molecule has 0 aliphatic rings. The minimum absolute atomic E-state index is 0.0412. The molecule has 0 N–H and O–H groups in total. The van der Waals surface area contributed by atoms with Crippen LogP contribution in [-0.2, 0) is 16.6 Å². The quantitative estimate of drug-likeness (QED) is 0.853. The van der Waals surface area contributed by atoms with Crippen LogP contribution in [0.1, 0.15) is 12.5 Å². The first kappa shape index (κ1) is 15.0. The molecule has 0 atom stereocenters. The summed E-state index contributed by atoms with van der Waals surface area (Å²) in [4.78, 5) is 3.89. The fourth-order valence-electron chi connectivity index (χ4n) is 1.85. The summed E-state index contributed by atoms with van der Waals surface area (Å²) >= 11 is 5.97. The number of nitrogens with zero attached hydrogens (tertiary/aromatic N) is 2. The minimum atomic E-state index is -3.64. The summed E-state index contributed by atoms with van der Waals surface area (Å²) < 4.78 is 26.6. The van der Waals surface area contributed by atoms with Crippen molar-refractivity contribution in [1.29, 1.82) is 0 Å². The van der Waals surface area contributed by atoms with Crippen LogP contribution in [0, 0.1) is 0 Å². The second kappa shape index (κ2) is 6.35. The van der Waals surface area contributed by atoms with Gasteiger partial charge in [-0.15, -0.1) is 0 Å². The van der Waals surface area contributed by atoms with E-state index in [2.05, 4.69) is 4.98 Å². The average Bonchev–Trinajstić information content (AvgIpc) is 2.46. The lowest BCUT2D eigenvalue weighted by atomic mass is 10.2. The van der Waals surface area contributed by atoms with Crippen LogP contribution >= 0.6 is 11.6 Å². The third-order valence-electron chi connectivity index (χ3n) is 2.91. The van der Waals surface area contributed by atoms with Gasteiger partial charge in [-0.2, -0.15) is 4.31 Å². The molecule has 1 aromatic carbocycles. The van der Waals surface area contributed by atoms with E-state index in [0.717, 1.165) is 5.56 Å². The van der Waals surface area contributed by atoms with Gasteiger partial charge in [0.25, 0.3) is 0 Å². The van der Waals surface area contributed by atoms with E-state index in [4.69, 9.17) is 11.6 Å². The average molecular weight is 311 g/mol. The molecule has 0 unspecified atom stereocenters. The van der Waals surface area contributed by atoms with Gasteiger partial charge in [-0.3, -0.25) is 4.98 Å². The number of aromatic nitrogens is 1. The first-order valence-corrected chi connectivity index (χ1v) is 8.01. The Balaban J connectivity index is 2.34. The number of hydrogen-bond donors (Lipinski definition) is 0. The Morgan fingerprint density at radius 2 is 1.90 bits per heavy atom. The summed E-state index contributed by atoms with van der Waals surface area (Å²) in [6.07, 6.45) is 2.75. The van der Waals surface area contributed by atoms with Crippen LogP contribution in [0.2, 0.25) is 5.02 Å². The number of pyridine rings is 1. The Hall–Kier alpha value is -1.43. The van der Waals surface area contributed by atoms with Gasteiger partial charge in [0.2, 0.25) is 10.0 Å². The smallest absolute Gasteiger partial charge is 0.246 e. The summed E-state index contributed by atoms with van der Waals surface area (Å²) in [5, 5.41) is 0.187. The molecule has 0 saturated heterocycles. The van der Waals surface area contributed by atoms with Gasteiger partial charge in [0, 0.05) is 25.5 Å². The molecule has 0 fully saturated rings. The Kier molecular flexibility index (Phi) is 4.75. The second-order valence-electron chi connectivity index (χ2n) is 4.22. The van der Waals surface area contributed by atoms with Crippen molar-refractivity contribution < 1.29 is 8.42 Å². The molecule has 0 aliphatic heterocycles. The van der Waals surface area contributed by atoms with Gasteiger partial charge < -0.3 is 0 Å². The van der Waals surface area contributed by atoms with Crippen LogP contribution in [-0.4, -0.2) is 24.3 Å². The zero-order chi connectivity index (χ0) is 14.6. The van der Waals surface area contributed by atoms with E-state index in [-0.39, 0.29) is 9.92 Å². The summed E-state index contributed by atoms with van der Waals surface area (Å²) in [7, 11) is -3.64. The number of benzene rings is 1. The Labute approximate surface area is 124 Å². The van der Waals surface area contributed by atoms with Gasteiger partial charge in [-0.05, 0) is 11.6 Å². The highest BCUT2D eigenvalue weighted by molar-refractivity contribution is 7.89. The maximum Gasteiger partial charge on any atom is 0.246 e. The molecule has 1 aromatic heterocycles. The molecule has 20 heavy (non-hydrogen) atoms. The second-order valence-corrected chi connectivity index (χ2v) is 6.54. The van der Waals surface area contributed by atoms with Crippen molar-refractivity contribution in [2.75, 3.05) is 6.54 Å². The van der Waals surface area contributed by atoms with Crippen molar-refractivity contribution in [2.45, 2.75) is 18.4 Å². The molecular weight excluding hydrogens is 296 g/mol. The highest BCUT2D eigenvalue weighted by atomic mass is 35.5. The molecule has 0 radical (unpaired) electrons. The maximum absolute atomic E-state index is 12.6. The van der Waals surface area contributed by atoms with Gasteiger partial charge in [-0.1, -0.05) is 48.9 Å². The molecule has 4 nitrogen and oxygen atoms in total. The SMILES string of the molecule is CCN(Cc1ccccc1)S(=O)(=O)c1cnccc1Cl. The van der Waals surface area contributed by atoms with Crippen molar-refractivity contribution in [3.05, 3.63) is 59.4 Å². The molecule has 106 valence electrons. The molecule has 0 amide bonds. The van der Waals surface area contributed by atoms with Gasteiger partial charge in [0.05, 0.1) is 5.02 Å². The summed E-state index contributed by atoms with van der Waals surface area (Å²) in [5.41, 5.74) is 0.929. The fraction of sp³-hybridized carbons (Fsp3) is 0.214. The Morgan fingerprint density at radius 1 is 1.20 bits per heavy atom. The van der Waals surface area contributed by atoms with E-state index in [1.165, 1.54) is 22.8 Å². The zero-order valence-corrected chi connectivity index (χ0v) is 12.6. The molecule has 0 aliphatic carbocycles. The lowest BCUT2D eigenvalue weighted by Crippen LogP contribution is -2.30. The highest BCUT2D eigenvalue weighted by Gasteiger charge is 2.25. The minimum Gasteiger partial charge on any atom is -0.263 e. The summed E-state index contributed by atoms with van der Waals surface area (Å²) in [6.45, 7) is 2.47. The molecule has 0 saturated carbocycles. The van der Waals surface area contributed by atoms with E-state index < -0.39 is 10.0 Å². The molecule has 2 aromatic rings. The number of rotatable bonds is 5. The van der Waals surface area contributed by atoms with Crippen molar-refractivity contribution >= 4 is 21.6 Å². The molecule has 2 rings (SSSR count). The van der Waals surface area contributed by atoms with E-state index in [0.29, 0.717) is 13.1 Å². The first-order chi connectivity index (χ1) is 9.55. The first-order valence-electron chi connectivity index (χ1n) is 6.19. The lowest BCUT2D eigenvalue weighted by molar-refractivity contribution is 0.423. The molecule has 0 spiro atoms. The molecule has 1 heterocycles. The third-order valence-corrected chi connectivity index (χ3v) is 5.30. The Bertz CT molecular complexity index is 675. The topological polar surface area (TPSA) is 50.3 Å². The van der Waals surface area contributed by atoms with Crippen LogP contribution < -0.4 is 0 Å². The Morgan fingerprint density at radius 3 is 2.50 bits per heavy atom. The van der Waals surface area contributed by atoms with Crippen molar-refractivity contribution in [3.63, 3.8) is 0 Å². The third kappa shape index (κ3) is 3.17. The van der Waals surface area contributed by atoms with E-state index >= 15 is 0 Å². The van der Waals surface area contributed by atoms with Crippen LogP contribution in [0.15, 0.2) is 53.7 Å². The standard InChI is InChI=1S/C14H15ClN2O2S/c1-2-17(11-12-6-4-3-5-7-12)20(18,19)14-10-16-9-8-13(14)15/h3-10H,2,11H2,1H3. The van der Waals surface area contributed by atoms with Crippen LogP contribution in [0.3, 0.4) is 0 Å². The molecule has 6 heteroatoms. The normalized spacial score (nSPS) is 11.8.